The smallest absolute Gasteiger partial charge is 0.336 e. The van der Waals surface area contributed by atoms with Crippen molar-refractivity contribution in [3.8, 4) is 17.2 Å². The third-order valence-electron chi connectivity index (χ3n) is 4.35. The van der Waals surface area contributed by atoms with Crippen molar-refractivity contribution in [3.05, 3.63) is 52.6 Å². The van der Waals surface area contributed by atoms with E-state index in [4.69, 9.17) is 14.2 Å². The van der Waals surface area contributed by atoms with Gasteiger partial charge in [0.05, 0.1) is 26.9 Å². The van der Waals surface area contributed by atoms with Gasteiger partial charge in [-0.2, -0.15) is 0 Å². The number of benzene rings is 2. The van der Waals surface area contributed by atoms with Gasteiger partial charge in [0.15, 0.2) is 11.5 Å². The molecule has 0 amide bonds. The molecule has 0 fully saturated rings. The van der Waals surface area contributed by atoms with E-state index >= 15 is 0 Å². The van der Waals surface area contributed by atoms with E-state index in [9.17, 15) is 9.90 Å². The first-order valence-electron chi connectivity index (χ1n) is 8.68. The van der Waals surface area contributed by atoms with Gasteiger partial charge in [0.25, 0.3) is 0 Å². The average molecular weight is 370 g/mol. The first kappa shape index (κ1) is 20.4. The zero-order chi connectivity index (χ0) is 20.1. The Morgan fingerprint density at radius 3 is 2.04 bits per heavy atom. The van der Waals surface area contributed by atoms with Crippen LogP contribution >= 0.6 is 0 Å². The molecule has 0 aromatic heterocycles. The zero-order valence-electron chi connectivity index (χ0n) is 16.6. The highest BCUT2D eigenvalue weighted by Gasteiger charge is 2.18. The largest absolute Gasteiger partial charge is 0.493 e. The number of aliphatic carboxylic acids is 1. The number of rotatable bonds is 7. The van der Waals surface area contributed by atoms with Gasteiger partial charge in [-0.15, -0.1) is 0 Å². The number of hydrogen-bond acceptors (Lipinski definition) is 4. The topological polar surface area (TPSA) is 65.0 Å². The molecule has 2 rings (SSSR count). The normalized spacial score (nSPS) is 11.4. The van der Waals surface area contributed by atoms with Crippen LogP contribution in [0.2, 0.25) is 0 Å². The van der Waals surface area contributed by atoms with Gasteiger partial charge in [-0.1, -0.05) is 37.6 Å². The van der Waals surface area contributed by atoms with Crippen molar-refractivity contribution >= 4 is 17.6 Å². The van der Waals surface area contributed by atoms with E-state index in [-0.39, 0.29) is 11.5 Å². The number of carbonyl (C=O) groups is 1. The molecule has 5 nitrogen and oxygen atoms in total. The van der Waals surface area contributed by atoms with Crippen LogP contribution in [0.3, 0.4) is 0 Å². The van der Waals surface area contributed by atoms with E-state index < -0.39 is 5.97 Å². The fraction of sp³-hybridized carbons (Fsp3) is 0.318. The van der Waals surface area contributed by atoms with Crippen LogP contribution in [0.15, 0.2) is 30.3 Å². The molecule has 27 heavy (non-hydrogen) atoms. The summed E-state index contributed by atoms with van der Waals surface area (Å²) in [6.45, 7) is 6.05. The molecule has 0 radical (unpaired) electrons. The summed E-state index contributed by atoms with van der Waals surface area (Å²) in [6.07, 6.45) is 1.63. The minimum Gasteiger partial charge on any atom is -0.493 e. The number of methoxy groups -OCH3 is 3. The second-order valence-electron chi connectivity index (χ2n) is 6.57. The van der Waals surface area contributed by atoms with Crippen LogP contribution in [0.25, 0.3) is 11.6 Å². The van der Waals surface area contributed by atoms with E-state index in [1.165, 1.54) is 21.3 Å². The van der Waals surface area contributed by atoms with Crippen LogP contribution in [0.5, 0.6) is 17.2 Å². The van der Waals surface area contributed by atoms with Crippen LogP contribution in [-0.2, 0) is 4.79 Å². The van der Waals surface area contributed by atoms with Gasteiger partial charge in [-0.05, 0) is 47.7 Å². The first-order chi connectivity index (χ1) is 12.8. The number of aryl methyl sites for hydroxylation is 1. The lowest BCUT2D eigenvalue weighted by Crippen LogP contribution is -2.05. The Bertz CT molecular complexity index is 840. The molecule has 0 unspecified atom stereocenters. The van der Waals surface area contributed by atoms with Crippen LogP contribution in [0.4, 0.5) is 0 Å². The predicted octanol–water partition coefficient (Wildman–Crippen LogP) is 4.77. The highest BCUT2D eigenvalue weighted by molar-refractivity contribution is 6.21. The molecule has 0 saturated heterocycles. The second-order valence-corrected chi connectivity index (χ2v) is 6.57. The fourth-order valence-corrected chi connectivity index (χ4v) is 3.01. The van der Waals surface area contributed by atoms with Gasteiger partial charge in [0.2, 0.25) is 5.75 Å². The lowest BCUT2D eigenvalue weighted by atomic mass is 9.90. The van der Waals surface area contributed by atoms with Crippen molar-refractivity contribution in [2.45, 2.75) is 26.7 Å². The highest BCUT2D eigenvalue weighted by Crippen LogP contribution is 2.39. The summed E-state index contributed by atoms with van der Waals surface area (Å²) in [5, 5.41) is 9.88. The van der Waals surface area contributed by atoms with Crippen LogP contribution < -0.4 is 14.2 Å². The van der Waals surface area contributed by atoms with E-state index in [2.05, 4.69) is 0 Å². The fourth-order valence-electron chi connectivity index (χ4n) is 3.01. The number of ether oxygens (including phenoxy) is 3. The molecule has 0 atom stereocenters. The summed E-state index contributed by atoms with van der Waals surface area (Å²) in [7, 11) is 4.58. The lowest BCUT2D eigenvalue weighted by molar-refractivity contribution is -0.130. The van der Waals surface area contributed by atoms with E-state index in [0.717, 1.165) is 11.1 Å². The molecule has 0 bridgehead atoms. The van der Waals surface area contributed by atoms with E-state index in [1.54, 1.807) is 18.2 Å². The standard InChI is InChI=1S/C22H26O5/c1-13(2)16-8-7-14(3)9-17(16)18(22(23)24)10-15-11-19(25-4)21(27-6)20(12-15)26-5/h7-13H,1-6H3,(H,23,24)/b18-10+. The maximum atomic E-state index is 12.1. The van der Waals surface area contributed by atoms with Gasteiger partial charge in [-0.25, -0.2) is 4.79 Å². The van der Waals surface area contributed by atoms with Crippen molar-refractivity contribution in [3.63, 3.8) is 0 Å². The summed E-state index contributed by atoms with van der Waals surface area (Å²) >= 11 is 0. The predicted molar refractivity (Wildman–Crippen MR) is 107 cm³/mol. The Hall–Kier alpha value is -2.95. The second kappa shape index (κ2) is 8.62. The summed E-state index contributed by atoms with van der Waals surface area (Å²) in [5.41, 5.74) is 3.58. The van der Waals surface area contributed by atoms with Gasteiger partial charge < -0.3 is 19.3 Å². The van der Waals surface area contributed by atoms with Crippen molar-refractivity contribution in [1.82, 2.24) is 0 Å². The number of hydrogen-bond donors (Lipinski definition) is 1. The summed E-state index contributed by atoms with van der Waals surface area (Å²) in [4.78, 5) is 12.1. The summed E-state index contributed by atoms with van der Waals surface area (Å²) < 4.78 is 16.1. The molecule has 5 heteroatoms. The zero-order valence-corrected chi connectivity index (χ0v) is 16.6. The molecule has 0 aliphatic rings. The number of carboxylic acids is 1. The third-order valence-corrected chi connectivity index (χ3v) is 4.35. The van der Waals surface area contributed by atoms with Gasteiger partial charge in [0, 0.05) is 0 Å². The van der Waals surface area contributed by atoms with Crippen LogP contribution in [0, 0.1) is 6.92 Å². The van der Waals surface area contributed by atoms with Crippen molar-refractivity contribution in [2.24, 2.45) is 0 Å². The Morgan fingerprint density at radius 2 is 1.59 bits per heavy atom. The molecular weight excluding hydrogens is 344 g/mol. The van der Waals surface area contributed by atoms with Gasteiger partial charge >= 0.3 is 5.97 Å². The molecule has 2 aromatic carbocycles. The Balaban J connectivity index is 2.71. The third kappa shape index (κ3) is 4.42. The minimum absolute atomic E-state index is 0.197. The Morgan fingerprint density at radius 1 is 1.00 bits per heavy atom. The molecular formula is C22H26O5. The van der Waals surface area contributed by atoms with Crippen molar-refractivity contribution < 1.29 is 24.1 Å². The monoisotopic (exact) mass is 370 g/mol. The quantitative estimate of drug-likeness (QED) is 0.562. The molecule has 0 heterocycles. The minimum atomic E-state index is -0.990. The Kier molecular flexibility index (Phi) is 6.50. The summed E-state index contributed by atoms with van der Waals surface area (Å²) in [5.74, 6) is 0.620. The van der Waals surface area contributed by atoms with E-state index in [0.29, 0.717) is 28.4 Å². The Labute approximate surface area is 160 Å². The summed E-state index contributed by atoms with van der Waals surface area (Å²) in [6, 6.07) is 9.36. The maximum Gasteiger partial charge on any atom is 0.336 e. The molecule has 0 aliphatic carbocycles. The highest BCUT2D eigenvalue weighted by atomic mass is 16.5. The molecule has 0 spiro atoms. The van der Waals surface area contributed by atoms with Crippen LogP contribution in [-0.4, -0.2) is 32.4 Å². The molecule has 0 aliphatic heterocycles. The lowest BCUT2D eigenvalue weighted by Gasteiger charge is -2.16. The SMILES string of the molecule is COc1cc(/C=C(/C(=O)O)c2cc(C)ccc2C(C)C)cc(OC)c1OC. The first-order valence-corrected chi connectivity index (χ1v) is 8.68. The molecule has 1 N–H and O–H groups in total. The maximum absolute atomic E-state index is 12.1. The number of carboxylic acid groups (broad SMARTS) is 1. The van der Waals surface area contributed by atoms with E-state index in [1.807, 2.05) is 39.0 Å². The van der Waals surface area contributed by atoms with Crippen molar-refractivity contribution in [1.29, 1.82) is 0 Å². The van der Waals surface area contributed by atoms with Gasteiger partial charge in [0.1, 0.15) is 0 Å². The molecule has 2 aromatic rings. The molecule has 0 saturated carbocycles. The van der Waals surface area contributed by atoms with Crippen molar-refractivity contribution in [2.75, 3.05) is 21.3 Å². The average Bonchev–Trinajstić information content (AvgIpc) is 2.64. The molecule has 144 valence electrons. The van der Waals surface area contributed by atoms with Crippen LogP contribution in [0.1, 0.15) is 42.0 Å². The van der Waals surface area contributed by atoms with Gasteiger partial charge in [-0.3, -0.25) is 0 Å².